The maximum Gasteiger partial charge on any atom is 0.295 e. The van der Waals surface area contributed by atoms with Crippen molar-refractivity contribution < 1.29 is 18.3 Å². The first-order chi connectivity index (χ1) is 14.3. The second-order valence-electron chi connectivity index (χ2n) is 6.99. The molecule has 0 spiro atoms. The summed E-state index contributed by atoms with van der Waals surface area (Å²) in [4.78, 5) is 14.1. The van der Waals surface area contributed by atoms with Crippen LogP contribution in [0.4, 0.5) is 5.69 Å². The fourth-order valence-electron chi connectivity index (χ4n) is 3.50. The Kier molecular flexibility index (Phi) is 5.26. The Bertz CT molecular complexity index is 1230. The molecule has 0 aromatic heterocycles. The number of hydrogen-bond donors (Lipinski definition) is 1. The number of nitrogens with zero attached hydrogens (tertiary/aromatic N) is 1. The molecule has 1 aliphatic rings. The van der Waals surface area contributed by atoms with E-state index in [9.17, 15) is 18.3 Å². The van der Waals surface area contributed by atoms with Crippen molar-refractivity contribution in [3.63, 3.8) is 0 Å². The lowest BCUT2D eigenvalue weighted by atomic mass is 10.0. The number of halogens is 1. The zero-order valence-corrected chi connectivity index (χ0v) is 18.4. The van der Waals surface area contributed by atoms with Crippen molar-refractivity contribution in [2.24, 2.45) is 0 Å². The number of anilines is 1. The molecule has 1 atom stereocenters. The van der Waals surface area contributed by atoms with Crippen molar-refractivity contribution in [1.29, 1.82) is 0 Å². The number of aliphatic hydroxyl groups is 1. The van der Waals surface area contributed by atoms with Crippen molar-refractivity contribution >= 4 is 37.4 Å². The summed E-state index contributed by atoms with van der Waals surface area (Å²) in [6, 6.07) is 21.0. The summed E-state index contributed by atoms with van der Waals surface area (Å²) < 4.78 is 27.8. The molecular formula is C23H18BrNO4S. The van der Waals surface area contributed by atoms with Crippen molar-refractivity contribution in [1.82, 2.24) is 0 Å². The van der Waals surface area contributed by atoms with E-state index in [4.69, 9.17) is 0 Å². The number of sulfone groups is 1. The lowest BCUT2D eigenvalue weighted by Gasteiger charge is -2.27. The van der Waals surface area contributed by atoms with Crippen molar-refractivity contribution in [2.75, 3.05) is 4.90 Å². The van der Waals surface area contributed by atoms with Gasteiger partial charge in [-0.2, -0.15) is 0 Å². The molecule has 0 saturated heterocycles. The Morgan fingerprint density at radius 3 is 2.10 bits per heavy atom. The Morgan fingerprint density at radius 2 is 1.50 bits per heavy atom. The molecule has 7 heteroatoms. The Balaban J connectivity index is 1.94. The molecule has 0 saturated carbocycles. The maximum absolute atomic E-state index is 13.5. The average Bonchev–Trinajstić information content (AvgIpc) is 3.01. The first-order valence-electron chi connectivity index (χ1n) is 9.19. The van der Waals surface area contributed by atoms with Gasteiger partial charge in [-0.1, -0.05) is 64.0 Å². The van der Waals surface area contributed by atoms with Gasteiger partial charge in [-0.25, -0.2) is 8.42 Å². The van der Waals surface area contributed by atoms with Crippen LogP contribution in [0.15, 0.2) is 98.9 Å². The highest BCUT2D eigenvalue weighted by Crippen LogP contribution is 2.44. The highest BCUT2D eigenvalue weighted by Gasteiger charge is 2.47. The minimum absolute atomic E-state index is 0.0223. The van der Waals surface area contributed by atoms with E-state index >= 15 is 0 Å². The molecule has 0 radical (unpaired) electrons. The van der Waals surface area contributed by atoms with E-state index in [1.165, 1.54) is 17.0 Å². The molecule has 1 N–H and O–H groups in total. The molecule has 3 aromatic carbocycles. The zero-order valence-electron chi connectivity index (χ0n) is 16.0. The summed E-state index contributed by atoms with van der Waals surface area (Å²) in [7, 11) is -4.12. The van der Waals surface area contributed by atoms with Crippen LogP contribution in [0.3, 0.4) is 0 Å². The molecule has 1 heterocycles. The van der Waals surface area contributed by atoms with Gasteiger partial charge in [0.25, 0.3) is 5.91 Å². The van der Waals surface area contributed by atoms with Crippen molar-refractivity contribution in [2.45, 2.75) is 17.9 Å². The molecule has 0 aliphatic carbocycles. The highest BCUT2D eigenvalue weighted by molar-refractivity contribution is 9.10. The summed E-state index contributed by atoms with van der Waals surface area (Å²) in [5.74, 6) is -1.51. The van der Waals surface area contributed by atoms with Gasteiger partial charge in [0, 0.05) is 10.2 Å². The van der Waals surface area contributed by atoms with Crippen molar-refractivity contribution in [3.8, 4) is 0 Å². The Morgan fingerprint density at radius 1 is 0.900 bits per heavy atom. The molecule has 0 bridgehead atoms. The van der Waals surface area contributed by atoms with Gasteiger partial charge in [0.05, 0.1) is 4.90 Å². The third-order valence-corrected chi connectivity index (χ3v) is 7.42. The van der Waals surface area contributed by atoms with Crippen LogP contribution in [-0.4, -0.2) is 19.4 Å². The molecule has 5 nitrogen and oxygen atoms in total. The van der Waals surface area contributed by atoms with Gasteiger partial charge < -0.3 is 5.11 Å². The summed E-state index contributed by atoms with van der Waals surface area (Å²) in [6.07, 6.45) is 0. The first-order valence-corrected chi connectivity index (χ1v) is 11.5. The van der Waals surface area contributed by atoms with E-state index in [2.05, 4.69) is 15.9 Å². The molecule has 3 aromatic rings. The van der Waals surface area contributed by atoms with Crippen LogP contribution in [-0.2, 0) is 14.6 Å². The topological polar surface area (TPSA) is 74.7 Å². The molecule has 30 heavy (non-hydrogen) atoms. The molecule has 0 fully saturated rings. The molecule has 152 valence electrons. The monoisotopic (exact) mass is 483 g/mol. The van der Waals surface area contributed by atoms with Crippen LogP contribution in [0.25, 0.3) is 0 Å². The minimum Gasteiger partial charge on any atom is -0.502 e. The third kappa shape index (κ3) is 3.44. The smallest absolute Gasteiger partial charge is 0.295 e. The predicted octanol–water partition coefficient (Wildman–Crippen LogP) is 5.09. The first kappa shape index (κ1) is 20.4. The minimum atomic E-state index is -4.12. The molecular weight excluding hydrogens is 466 g/mol. The van der Waals surface area contributed by atoms with Gasteiger partial charge in [0.1, 0.15) is 10.9 Å². The summed E-state index contributed by atoms with van der Waals surface area (Å²) in [5, 5.41) is 10.7. The lowest BCUT2D eigenvalue weighted by molar-refractivity contribution is -0.117. The molecule has 1 aliphatic heterocycles. The van der Waals surface area contributed by atoms with Gasteiger partial charge in [0.2, 0.25) is 9.84 Å². The quantitative estimate of drug-likeness (QED) is 0.560. The fraction of sp³-hybridized carbons (Fsp3) is 0.0870. The average molecular weight is 484 g/mol. The normalized spacial score (nSPS) is 16.9. The number of carbonyl (C=O) groups is 1. The molecule has 0 unspecified atom stereocenters. The van der Waals surface area contributed by atoms with Gasteiger partial charge >= 0.3 is 0 Å². The third-order valence-electron chi connectivity index (χ3n) is 5.00. The summed E-state index contributed by atoms with van der Waals surface area (Å²) in [6.45, 7) is 1.92. The van der Waals surface area contributed by atoms with Gasteiger partial charge in [0.15, 0.2) is 5.76 Å². The van der Waals surface area contributed by atoms with E-state index in [1.807, 2.05) is 19.1 Å². The van der Waals surface area contributed by atoms with Crippen LogP contribution in [0.2, 0.25) is 0 Å². The number of carbonyl (C=O) groups excluding carboxylic acids is 1. The second kappa shape index (κ2) is 7.74. The number of aliphatic hydroxyl groups excluding tert-OH is 1. The van der Waals surface area contributed by atoms with E-state index in [0.29, 0.717) is 11.3 Å². The van der Waals surface area contributed by atoms with E-state index in [-0.39, 0.29) is 9.80 Å². The number of hydrogen-bond acceptors (Lipinski definition) is 4. The number of aryl methyl sites for hydroxylation is 1. The number of benzene rings is 3. The maximum atomic E-state index is 13.5. The summed E-state index contributed by atoms with van der Waals surface area (Å²) >= 11 is 3.36. The molecule has 4 rings (SSSR count). The van der Waals surface area contributed by atoms with Gasteiger partial charge in [-0.05, 0) is 48.9 Å². The van der Waals surface area contributed by atoms with Crippen LogP contribution >= 0.6 is 15.9 Å². The SMILES string of the molecule is Cc1ccc([C@@H]2C(S(=O)(=O)c3ccccc3)=C(O)C(=O)N2c2ccc(Br)cc2)cc1. The zero-order chi connectivity index (χ0) is 21.5. The number of rotatable bonds is 4. The van der Waals surface area contributed by atoms with Gasteiger partial charge in [-0.15, -0.1) is 0 Å². The van der Waals surface area contributed by atoms with Crippen LogP contribution < -0.4 is 4.90 Å². The number of amides is 1. The van der Waals surface area contributed by atoms with Crippen LogP contribution in [0.1, 0.15) is 17.2 Å². The van der Waals surface area contributed by atoms with E-state index < -0.39 is 27.5 Å². The Labute approximate surface area is 183 Å². The fourth-order valence-corrected chi connectivity index (χ4v) is 5.41. The van der Waals surface area contributed by atoms with Crippen LogP contribution in [0, 0.1) is 6.92 Å². The van der Waals surface area contributed by atoms with E-state index in [0.717, 1.165) is 10.0 Å². The molecule has 1 amide bonds. The second-order valence-corrected chi connectivity index (χ2v) is 9.83. The lowest BCUT2D eigenvalue weighted by Crippen LogP contribution is -2.31. The van der Waals surface area contributed by atoms with Gasteiger partial charge in [-0.3, -0.25) is 9.69 Å². The largest absolute Gasteiger partial charge is 0.502 e. The standard InChI is InChI=1S/C23H18BrNO4S/c1-15-7-9-16(10-8-15)20-22(30(28,29)19-5-3-2-4-6-19)21(26)23(27)25(20)18-13-11-17(24)12-14-18/h2-14,20,26H,1H3/t20-/m1/s1. The summed E-state index contributed by atoms with van der Waals surface area (Å²) in [5.41, 5.74) is 2.08. The highest BCUT2D eigenvalue weighted by atomic mass is 79.9. The van der Waals surface area contributed by atoms with Crippen molar-refractivity contribution in [3.05, 3.63) is 105 Å². The predicted molar refractivity (Wildman–Crippen MR) is 119 cm³/mol. The Hall–Kier alpha value is -2.90. The van der Waals surface area contributed by atoms with E-state index in [1.54, 1.807) is 54.6 Å². The van der Waals surface area contributed by atoms with Crippen LogP contribution in [0.5, 0.6) is 0 Å².